The summed E-state index contributed by atoms with van der Waals surface area (Å²) in [6, 6.07) is 5.02. The summed E-state index contributed by atoms with van der Waals surface area (Å²) >= 11 is 0. The lowest BCUT2D eigenvalue weighted by Crippen LogP contribution is -2.50. The molecule has 1 aromatic carbocycles. The van der Waals surface area contributed by atoms with Crippen LogP contribution in [0, 0.1) is 0 Å². The van der Waals surface area contributed by atoms with Crippen LogP contribution < -0.4 is 14.8 Å². The Bertz CT molecular complexity index is 501. The van der Waals surface area contributed by atoms with E-state index >= 15 is 0 Å². The standard InChI is InChI=1S/C13H16N2O4/c1-18-9-3-4-11(19-2)10(7-9)13(17)15-6-5-14-12(16)8-15/h3-4,7H,5-6,8H2,1-2H3,(H,14,16). The van der Waals surface area contributed by atoms with E-state index < -0.39 is 0 Å². The van der Waals surface area contributed by atoms with Gasteiger partial charge >= 0.3 is 0 Å². The first-order valence-electron chi connectivity index (χ1n) is 5.93. The number of carbonyl (C=O) groups is 2. The third kappa shape index (κ3) is 2.78. The maximum Gasteiger partial charge on any atom is 0.258 e. The summed E-state index contributed by atoms with van der Waals surface area (Å²) in [6.45, 7) is 1.03. The first kappa shape index (κ1) is 13.2. The van der Waals surface area contributed by atoms with E-state index in [1.54, 1.807) is 18.2 Å². The number of rotatable bonds is 3. The first-order valence-corrected chi connectivity index (χ1v) is 5.93. The van der Waals surface area contributed by atoms with E-state index in [0.717, 1.165) is 0 Å². The van der Waals surface area contributed by atoms with Crippen molar-refractivity contribution < 1.29 is 19.1 Å². The largest absolute Gasteiger partial charge is 0.497 e. The number of hydrogen-bond donors (Lipinski definition) is 1. The molecule has 0 bridgehead atoms. The van der Waals surface area contributed by atoms with Gasteiger partial charge in [0, 0.05) is 13.1 Å². The van der Waals surface area contributed by atoms with Gasteiger partial charge in [0.2, 0.25) is 5.91 Å². The summed E-state index contributed by atoms with van der Waals surface area (Å²) in [5.74, 6) is 0.662. The van der Waals surface area contributed by atoms with Crippen LogP contribution in [0.1, 0.15) is 10.4 Å². The molecular weight excluding hydrogens is 248 g/mol. The molecule has 0 aromatic heterocycles. The predicted octanol–water partition coefficient (Wildman–Crippen LogP) is 0.276. The molecule has 2 amide bonds. The van der Waals surface area contributed by atoms with Gasteiger partial charge in [-0.05, 0) is 18.2 Å². The zero-order chi connectivity index (χ0) is 13.8. The second kappa shape index (κ2) is 5.60. The number of carbonyl (C=O) groups excluding carboxylic acids is 2. The molecule has 19 heavy (non-hydrogen) atoms. The smallest absolute Gasteiger partial charge is 0.258 e. The van der Waals surface area contributed by atoms with Crippen molar-refractivity contribution in [2.45, 2.75) is 0 Å². The third-order valence-corrected chi connectivity index (χ3v) is 2.96. The minimum Gasteiger partial charge on any atom is -0.497 e. The van der Waals surface area contributed by atoms with Crippen molar-refractivity contribution in [3.8, 4) is 11.5 Å². The highest BCUT2D eigenvalue weighted by atomic mass is 16.5. The molecule has 0 saturated carbocycles. The van der Waals surface area contributed by atoms with Gasteiger partial charge in [-0.15, -0.1) is 0 Å². The lowest BCUT2D eigenvalue weighted by molar-refractivity contribution is -0.123. The summed E-state index contributed by atoms with van der Waals surface area (Å²) in [6.07, 6.45) is 0. The van der Waals surface area contributed by atoms with Gasteiger partial charge in [-0.25, -0.2) is 0 Å². The van der Waals surface area contributed by atoms with Crippen LogP contribution in [0.3, 0.4) is 0 Å². The zero-order valence-corrected chi connectivity index (χ0v) is 10.9. The number of nitrogens with zero attached hydrogens (tertiary/aromatic N) is 1. The van der Waals surface area contributed by atoms with E-state index in [-0.39, 0.29) is 18.4 Å². The van der Waals surface area contributed by atoms with Crippen molar-refractivity contribution in [3.05, 3.63) is 23.8 Å². The maximum absolute atomic E-state index is 12.4. The van der Waals surface area contributed by atoms with Crippen LogP contribution in [0.5, 0.6) is 11.5 Å². The van der Waals surface area contributed by atoms with Crippen molar-refractivity contribution in [3.63, 3.8) is 0 Å². The molecule has 2 rings (SSSR count). The van der Waals surface area contributed by atoms with E-state index in [2.05, 4.69) is 5.32 Å². The summed E-state index contributed by atoms with van der Waals surface area (Å²) in [4.78, 5) is 25.2. The van der Waals surface area contributed by atoms with E-state index in [4.69, 9.17) is 9.47 Å². The van der Waals surface area contributed by atoms with Gasteiger partial charge in [0.05, 0.1) is 26.3 Å². The second-order valence-corrected chi connectivity index (χ2v) is 4.14. The molecule has 1 aliphatic heterocycles. The van der Waals surface area contributed by atoms with Crippen LogP contribution in [-0.2, 0) is 4.79 Å². The topological polar surface area (TPSA) is 67.9 Å². The van der Waals surface area contributed by atoms with E-state index in [9.17, 15) is 9.59 Å². The average Bonchev–Trinajstić information content (AvgIpc) is 2.45. The highest BCUT2D eigenvalue weighted by Gasteiger charge is 2.24. The SMILES string of the molecule is COc1ccc(OC)c(C(=O)N2CCNC(=O)C2)c1. The van der Waals surface area contributed by atoms with Gasteiger partial charge in [-0.3, -0.25) is 9.59 Å². The Hall–Kier alpha value is -2.24. The quantitative estimate of drug-likeness (QED) is 0.851. The Labute approximate surface area is 111 Å². The molecule has 0 unspecified atom stereocenters. The number of methoxy groups -OCH3 is 2. The van der Waals surface area contributed by atoms with Gasteiger partial charge in [-0.2, -0.15) is 0 Å². The first-order chi connectivity index (χ1) is 9.15. The van der Waals surface area contributed by atoms with Crippen LogP contribution in [0.2, 0.25) is 0 Å². The third-order valence-electron chi connectivity index (χ3n) is 2.96. The average molecular weight is 264 g/mol. The maximum atomic E-state index is 12.4. The Balaban J connectivity index is 2.28. The molecule has 1 fully saturated rings. The Kier molecular flexibility index (Phi) is 3.89. The Morgan fingerprint density at radius 2 is 2.11 bits per heavy atom. The van der Waals surface area contributed by atoms with Gasteiger partial charge in [-0.1, -0.05) is 0 Å². The number of nitrogens with one attached hydrogen (secondary N) is 1. The molecule has 102 valence electrons. The van der Waals surface area contributed by atoms with E-state index in [1.807, 2.05) is 0 Å². The predicted molar refractivity (Wildman–Crippen MR) is 68.5 cm³/mol. The molecule has 1 aliphatic rings. The van der Waals surface area contributed by atoms with Crippen LogP contribution >= 0.6 is 0 Å². The summed E-state index contributed by atoms with van der Waals surface area (Å²) in [7, 11) is 3.03. The summed E-state index contributed by atoms with van der Waals surface area (Å²) in [5, 5.41) is 2.68. The number of ether oxygens (including phenoxy) is 2. The fourth-order valence-electron chi connectivity index (χ4n) is 1.96. The normalized spacial score (nSPS) is 14.8. The lowest BCUT2D eigenvalue weighted by Gasteiger charge is -2.27. The molecule has 1 aromatic rings. The molecule has 0 radical (unpaired) electrons. The molecule has 0 aliphatic carbocycles. The molecule has 1 heterocycles. The molecular formula is C13H16N2O4. The number of amides is 2. The number of piperazine rings is 1. The fourth-order valence-corrected chi connectivity index (χ4v) is 1.96. The van der Waals surface area contributed by atoms with Crippen LogP contribution in [0.25, 0.3) is 0 Å². The molecule has 6 heteroatoms. The Morgan fingerprint density at radius 1 is 1.32 bits per heavy atom. The minimum atomic E-state index is -0.231. The molecule has 6 nitrogen and oxygen atoms in total. The summed E-state index contributed by atoms with van der Waals surface area (Å²) < 4.78 is 10.3. The fraction of sp³-hybridized carbons (Fsp3) is 0.385. The van der Waals surface area contributed by atoms with Crippen LogP contribution in [0.15, 0.2) is 18.2 Å². The Morgan fingerprint density at radius 3 is 2.74 bits per heavy atom. The van der Waals surface area contributed by atoms with E-state index in [1.165, 1.54) is 19.1 Å². The molecule has 0 spiro atoms. The van der Waals surface area contributed by atoms with Gasteiger partial charge in [0.25, 0.3) is 5.91 Å². The van der Waals surface area contributed by atoms with Crippen molar-refractivity contribution >= 4 is 11.8 Å². The molecule has 0 atom stereocenters. The molecule has 1 N–H and O–H groups in total. The van der Waals surface area contributed by atoms with Crippen molar-refractivity contribution in [1.82, 2.24) is 10.2 Å². The van der Waals surface area contributed by atoms with Crippen molar-refractivity contribution in [1.29, 1.82) is 0 Å². The number of benzene rings is 1. The van der Waals surface area contributed by atoms with Gasteiger partial charge < -0.3 is 19.7 Å². The summed E-state index contributed by atoms with van der Waals surface area (Å²) in [5.41, 5.74) is 0.400. The van der Waals surface area contributed by atoms with Crippen molar-refractivity contribution in [2.75, 3.05) is 33.9 Å². The van der Waals surface area contributed by atoms with Gasteiger partial charge in [0.15, 0.2) is 0 Å². The van der Waals surface area contributed by atoms with E-state index in [0.29, 0.717) is 30.2 Å². The number of hydrogen-bond acceptors (Lipinski definition) is 4. The second-order valence-electron chi connectivity index (χ2n) is 4.14. The van der Waals surface area contributed by atoms with Gasteiger partial charge in [0.1, 0.15) is 11.5 Å². The zero-order valence-electron chi connectivity index (χ0n) is 10.9. The lowest BCUT2D eigenvalue weighted by atomic mass is 10.1. The van der Waals surface area contributed by atoms with Crippen LogP contribution in [0.4, 0.5) is 0 Å². The van der Waals surface area contributed by atoms with Crippen molar-refractivity contribution in [2.24, 2.45) is 0 Å². The monoisotopic (exact) mass is 264 g/mol. The highest BCUT2D eigenvalue weighted by Crippen LogP contribution is 2.25. The highest BCUT2D eigenvalue weighted by molar-refractivity contribution is 5.99. The minimum absolute atomic E-state index is 0.0686. The molecule has 1 saturated heterocycles. The van der Waals surface area contributed by atoms with Crippen LogP contribution in [-0.4, -0.2) is 50.6 Å².